The highest BCUT2D eigenvalue weighted by molar-refractivity contribution is 5.70. The van der Waals surface area contributed by atoms with Crippen LogP contribution in [0.15, 0.2) is 33.7 Å². The highest BCUT2D eigenvalue weighted by atomic mass is 16.3. The quantitative estimate of drug-likeness (QED) is 0.678. The minimum atomic E-state index is -0.294. The molecule has 0 saturated heterocycles. The lowest BCUT2D eigenvalue weighted by Crippen LogP contribution is -2.06. The van der Waals surface area contributed by atoms with Crippen molar-refractivity contribution >= 4 is 11.2 Å². The topological polar surface area (TPSA) is 84.7 Å². The molecule has 0 bridgehead atoms. The van der Waals surface area contributed by atoms with Gasteiger partial charge in [0.1, 0.15) is 11.3 Å². The Hall–Kier alpha value is -2.50. The monoisotopic (exact) mass is 228 g/mol. The molecule has 3 aromatic heterocycles. The Labute approximate surface area is 95.4 Å². The number of aromatic amines is 1. The van der Waals surface area contributed by atoms with E-state index < -0.39 is 0 Å². The molecule has 0 saturated carbocycles. The van der Waals surface area contributed by atoms with Gasteiger partial charge in [0.05, 0.1) is 12.4 Å². The maximum absolute atomic E-state index is 11.1. The van der Waals surface area contributed by atoms with Gasteiger partial charge in [-0.2, -0.15) is 0 Å². The summed E-state index contributed by atoms with van der Waals surface area (Å²) in [5.74, 6) is 1.77. The molecule has 84 valence electrons. The standard InChI is InChI=1S/C11H8N4O2/c1-6-2-3-8(17-6)11-13-4-7-10(15-11)14-9(16)5-12-7/h2-5H,1H3,(H,13,14,15,16). The number of furan rings is 1. The number of rotatable bonds is 1. The molecule has 3 aromatic rings. The van der Waals surface area contributed by atoms with E-state index in [0.717, 1.165) is 5.76 Å². The first kappa shape index (κ1) is 9.71. The zero-order valence-electron chi connectivity index (χ0n) is 8.97. The SMILES string of the molecule is Cc1ccc(-c2ncc3ncc(=O)[nH]c3n2)o1. The zero-order chi connectivity index (χ0) is 11.8. The van der Waals surface area contributed by atoms with E-state index in [1.165, 1.54) is 6.20 Å². The minimum Gasteiger partial charge on any atom is -0.458 e. The second-order valence-electron chi connectivity index (χ2n) is 3.59. The number of H-pyrrole nitrogens is 1. The third-order valence-corrected chi connectivity index (χ3v) is 2.29. The summed E-state index contributed by atoms with van der Waals surface area (Å²) in [6.45, 7) is 1.84. The summed E-state index contributed by atoms with van der Waals surface area (Å²) in [6, 6.07) is 3.61. The average Bonchev–Trinajstić information content (AvgIpc) is 2.75. The Morgan fingerprint density at radius 2 is 2.12 bits per heavy atom. The Kier molecular flexibility index (Phi) is 2.01. The van der Waals surface area contributed by atoms with E-state index in [9.17, 15) is 4.79 Å². The van der Waals surface area contributed by atoms with Crippen LogP contribution in [0.5, 0.6) is 0 Å². The van der Waals surface area contributed by atoms with Gasteiger partial charge in [-0.05, 0) is 19.1 Å². The van der Waals surface area contributed by atoms with Crippen LogP contribution < -0.4 is 5.56 Å². The normalized spacial score (nSPS) is 10.9. The van der Waals surface area contributed by atoms with Crippen LogP contribution in [-0.2, 0) is 0 Å². The van der Waals surface area contributed by atoms with Crippen molar-refractivity contribution in [3.63, 3.8) is 0 Å². The molecule has 0 aliphatic carbocycles. The van der Waals surface area contributed by atoms with Crippen LogP contribution in [0.2, 0.25) is 0 Å². The molecular weight excluding hydrogens is 220 g/mol. The van der Waals surface area contributed by atoms with Gasteiger partial charge in [0.15, 0.2) is 17.2 Å². The number of aromatic nitrogens is 4. The maximum atomic E-state index is 11.1. The number of nitrogens with one attached hydrogen (secondary N) is 1. The first-order valence-electron chi connectivity index (χ1n) is 5.01. The lowest BCUT2D eigenvalue weighted by Gasteiger charge is -1.97. The minimum absolute atomic E-state index is 0.294. The molecule has 3 heterocycles. The summed E-state index contributed by atoms with van der Waals surface area (Å²) < 4.78 is 5.41. The molecule has 0 aromatic carbocycles. The van der Waals surface area contributed by atoms with E-state index in [-0.39, 0.29) is 5.56 Å². The molecule has 0 aliphatic rings. The zero-order valence-corrected chi connectivity index (χ0v) is 8.97. The number of aryl methyl sites for hydroxylation is 1. The van der Waals surface area contributed by atoms with Crippen molar-refractivity contribution in [1.82, 2.24) is 19.9 Å². The van der Waals surface area contributed by atoms with E-state index in [2.05, 4.69) is 19.9 Å². The van der Waals surface area contributed by atoms with Gasteiger partial charge in [0.25, 0.3) is 5.56 Å². The molecule has 6 heteroatoms. The summed E-state index contributed by atoms with van der Waals surface area (Å²) in [6.07, 6.45) is 2.74. The summed E-state index contributed by atoms with van der Waals surface area (Å²) in [5, 5.41) is 0. The molecule has 1 N–H and O–H groups in total. The van der Waals surface area contributed by atoms with E-state index >= 15 is 0 Å². The van der Waals surface area contributed by atoms with Crippen LogP contribution >= 0.6 is 0 Å². The summed E-state index contributed by atoms with van der Waals surface area (Å²) in [5.41, 5.74) is 0.644. The fraction of sp³-hybridized carbons (Fsp3) is 0.0909. The molecular formula is C11H8N4O2. The average molecular weight is 228 g/mol. The van der Waals surface area contributed by atoms with E-state index in [0.29, 0.717) is 22.7 Å². The van der Waals surface area contributed by atoms with Crippen molar-refractivity contribution in [2.45, 2.75) is 6.92 Å². The van der Waals surface area contributed by atoms with Crippen LogP contribution in [0.1, 0.15) is 5.76 Å². The third-order valence-electron chi connectivity index (χ3n) is 2.29. The van der Waals surface area contributed by atoms with E-state index in [1.54, 1.807) is 12.3 Å². The van der Waals surface area contributed by atoms with Crippen molar-refractivity contribution in [2.24, 2.45) is 0 Å². The molecule has 3 rings (SSSR count). The Bertz CT molecular complexity index is 744. The maximum Gasteiger partial charge on any atom is 0.268 e. The second kappa shape index (κ2) is 3.51. The highest BCUT2D eigenvalue weighted by Crippen LogP contribution is 2.18. The Morgan fingerprint density at radius 1 is 1.24 bits per heavy atom. The molecule has 0 spiro atoms. The van der Waals surface area contributed by atoms with E-state index in [1.807, 2.05) is 13.0 Å². The fourth-order valence-electron chi connectivity index (χ4n) is 1.51. The number of hydrogen-bond acceptors (Lipinski definition) is 5. The van der Waals surface area contributed by atoms with Crippen LogP contribution in [0.4, 0.5) is 0 Å². The van der Waals surface area contributed by atoms with Crippen molar-refractivity contribution in [3.8, 4) is 11.6 Å². The van der Waals surface area contributed by atoms with Crippen molar-refractivity contribution in [3.05, 3.63) is 40.6 Å². The van der Waals surface area contributed by atoms with Crippen LogP contribution in [0.3, 0.4) is 0 Å². The lowest BCUT2D eigenvalue weighted by atomic mass is 10.4. The molecule has 0 atom stereocenters. The third kappa shape index (κ3) is 1.69. The van der Waals surface area contributed by atoms with Crippen molar-refractivity contribution in [2.75, 3.05) is 0 Å². The summed E-state index contributed by atoms with van der Waals surface area (Å²) >= 11 is 0. The van der Waals surface area contributed by atoms with Crippen molar-refractivity contribution in [1.29, 1.82) is 0 Å². The van der Waals surface area contributed by atoms with Crippen LogP contribution in [0.25, 0.3) is 22.7 Å². The molecule has 0 radical (unpaired) electrons. The fourth-order valence-corrected chi connectivity index (χ4v) is 1.51. The second-order valence-corrected chi connectivity index (χ2v) is 3.59. The van der Waals surface area contributed by atoms with Gasteiger partial charge in [-0.1, -0.05) is 0 Å². The summed E-state index contributed by atoms with van der Waals surface area (Å²) in [7, 11) is 0. The number of hydrogen-bond donors (Lipinski definition) is 1. The Balaban J connectivity index is 2.22. The summed E-state index contributed by atoms with van der Waals surface area (Å²) in [4.78, 5) is 26.0. The lowest BCUT2D eigenvalue weighted by molar-refractivity contribution is 0.544. The molecule has 0 aliphatic heterocycles. The van der Waals surface area contributed by atoms with Gasteiger partial charge in [0.2, 0.25) is 0 Å². The van der Waals surface area contributed by atoms with Gasteiger partial charge in [0, 0.05) is 0 Å². The van der Waals surface area contributed by atoms with Gasteiger partial charge < -0.3 is 9.40 Å². The van der Waals surface area contributed by atoms with Gasteiger partial charge >= 0.3 is 0 Å². The molecule has 17 heavy (non-hydrogen) atoms. The van der Waals surface area contributed by atoms with E-state index in [4.69, 9.17) is 4.42 Å². The smallest absolute Gasteiger partial charge is 0.268 e. The van der Waals surface area contributed by atoms with Gasteiger partial charge in [-0.3, -0.25) is 4.79 Å². The number of fused-ring (bicyclic) bond motifs is 1. The molecule has 0 unspecified atom stereocenters. The van der Waals surface area contributed by atoms with Crippen LogP contribution in [-0.4, -0.2) is 19.9 Å². The Morgan fingerprint density at radius 3 is 2.88 bits per heavy atom. The molecule has 0 fully saturated rings. The first-order valence-corrected chi connectivity index (χ1v) is 5.01. The largest absolute Gasteiger partial charge is 0.458 e. The van der Waals surface area contributed by atoms with Crippen molar-refractivity contribution < 1.29 is 4.42 Å². The highest BCUT2D eigenvalue weighted by Gasteiger charge is 2.07. The van der Waals surface area contributed by atoms with Gasteiger partial charge in [-0.25, -0.2) is 15.0 Å². The molecule has 0 amide bonds. The first-order chi connectivity index (χ1) is 8.22. The predicted molar refractivity (Wildman–Crippen MR) is 60.4 cm³/mol. The predicted octanol–water partition coefficient (Wildman–Crippen LogP) is 1.28. The number of nitrogens with zero attached hydrogens (tertiary/aromatic N) is 3. The molecule has 6 nitrogen and oxygen atoms in total. The van der Waals surface area contributed by atoms with Gasteiger partial charge in [-0.15, -0.1) is 0 Å². The van der Waals surface area contributed by atoms with Crippen LogP contribution in [0, 0.1) is 6.92 Å².